The monoisotopic (exact) mass is 348 g/mol. The summed E-state index contributed by atoms with van der Waals surface area (Å²) < 4.78 is 6.32. The minimum atomic E-state index is -0.351. The SMILES string of the molecule is C#CCn1nc(CNC(=O)c2cccnc2OC)c2ccccc2c1=O. The molecule has 0 spiro atoms. The number of amides is 1. The third-order valence-corrected chi connectivity index (χ3v) is 3.81. The van der Waals surface area contributed by atoms with Crippen molar-refractivity contribution in [3.05, 3.63) is 64.2 Å². The lowest BCUT2D eigenvalue weighted by molar-refractivity contribution is 0.0946. The summed E-state index contributed by atoms with van der Waals surface area (Å²) in [5.41, 5.74) is 0.602. The van der Waals surface area contributed by atoms with E-state index < -0.39 is 0 Å². The number of carbonyl (C=O) groups is 1. The molecule has 0 saturated heterocycles. The van der Waals surface area contributed by atoms with Crippen LogP contribution in [0.5, 0.6) is 5.88 Å². The molecule has 7 heteroatoms. The van der Waals surface area contributed by atoms with Crippen LogP contribution in [0.15, 0.2) is 47.4 Å². The molecule has 0 aliphatic heterocycles. The predicted molar refractivity (Wildman–Crippen MR) is 96.8 cm³/mol. The Kier molecular flexibility index (Phi) is 4.94. The zero-order valence-corrected chi connectivity index (χ0v) is 14.1. The molecule has 1 amide bonds. The van der Waals surface area contributed by atoms with Gasteiger partial charge in [0.2, 0.25) is 5.88 Å². The Morgan fingerprint density at radius 1 is 1.27 bits per heavy atom. The van der Waals surface area contributed by atoms with E-state index in [9.17, 15) is 9.59 Å². The van der Waals surface area contributed by atoms with Crippen molar-refractivity contribution < 1.29 is 9.53 Å². The smallest absolute Gasteiger partial charge is 0.275 e. The molecule has 0 atom stereocenters. The van der Waals surface area contributed by atoms with E-state index in [1.54, 1.807) is 36.5 Å². The second-order valence-electron chi connectivity index (χ2n) is 5.40. The molecule has 3 rings (SSSR count). The third kappa shape index (κ3) is 3.26. The van der Waals surface area contributed by atoms with Gasteiger partial charge in [-0.15, -0.1) is 6.42 Å². The summed E-state index contributed by atoms with van der Waals surface area (Å²) in [4.78, 5) is 28.9. The Morgan fingerprint density at radius 3 is 2.77 bits per heavy atom. The van der Waals surface area contributed by atoms with Gasteiger partial charge in [-0.3, -0.25) is 9.59 Å². The van der Waals surface area contributed by atoms with E-state index in [1.165, 1.54) is 11.8 Å². The molecular weight excluding hydrogens is 332 g/mol. The lowest BCUT2D eigenvalue weighted by Gasteiger charge is -2.11. The van der Waals surface area contributed by atoms with Crippen LogP contribution < -0.4 is 15.6 Å². The van der Waals surface area contributed by atoms with Gasteiger partial charge in [-0.25, -0.2) is 9.67 Å². The first-order valence-electron chi connectivity index (χ1n) is 7.85. The van der Waals surface area contributed by atoms with E-state index in [0.29, 0.717) is 22.0 Å². The molecule has 1 N–H and O–H groups in total. The number of pyridine rings is 1. The van der Waals surface area contributed by atoms with Gasteiger partial charge in [0.15, 0.2) is 0 Å². The Labute approximate surface area is 149 Å². The second-order valence-corrected chi connectivity index (χ2v) is 5.40. The number of terminal acetylenes is 1. The van der Waals surface area contributed by atoms with Crippen molar-refractivity contribution in [1.82, 2.24) is 20.1 Å². The first-order chi connectivity index (χ1) is 12.7. The summed E-state index contributed by atoms with van der Waals surface area (Å²) in [7, 11) is 1.45. The van der Waals surface area contributed by atoms with E-state index in [1.807, 2.05) is 6.07 Å². The molecule has 0 unspecified atom stereocenters. The van der Waals surface area contributed by atoms with Crippen LogP contribution in [0.4, 0.5) is 0 Å². The summed E-state index contributed by atoms with van der Waals surface area (Å²) in [5, 5.41) is 8.25. The van der Waals surface area contributed by atoms with Crippen LogP contribution in [0.3, 0.4) is 0 Å². The summed E-state index contributed by atoms with van der Waals surface area (Å²) >= 11 is 0. The third-order valence-electron chi connectivity index (χ3n) is 3.81. The van der Waals surface area contributed by atoms with Crippen LogP contribution in [0.1, 0.15) is 16.1 Å². The van der Waals surface area contributed by atoms with Gasteiger partial charge in [-0.1, -0.05) is 24.1 Å². The van der Waals surface area contributed by atoms with Gasteiger partial charge >= 0.3 is 0 Å². The average Bonchev–Trinajstić information content (AvgIpc) is 2.69. The minimum absolute atomic E-state index is 0.0566. The lowest BCUT2D eigenvalue weighted by atomic mass is 10.1. The Hall–Kier alpha value is -3.66. The number of nitrogens with zero attached hydrogens (tertiary/aromatic N) is 3. The van der Waals surface area contributed by atoms with E-state index >= 15 is 0 Å². The molecule has 0 aliphatic rings. The highest BCUT2D eigenvalue weighted by Crippen LogP contribution is 2.15. The van der Waals surface area contributed by atoms with Crippen LogP contribution in [-0.2, 0) is 13.1 Å². The van der Waals surface area contributed by atoms with Gasteiger partial charge in [0, 0.05) is 11.6 Å². The Morgan fingerprint density at radius 2 is 2.04 bits per heavy atom. The van der Waals surface area contributed by atoms with Gasteiger partial charge in [-0.05, 0) is 18.2 Å². The molecule has 7 nitrogen and oxygen atoms in total. The number of nitrogens with one attached hydrogen (secondary N) is 1. The second kappa shape index (κ2) is 7.49. The first-order valence-corrected chi connectivity index (χ1v) is 7.85. The molecule has 2 aromatic heterocycles. The summed E-state index contributed by atoms with van der Waals surface area (Å²) in [6, 6.07) is 10.3. The molecule has 26 heavy (non-hydrogen) atoms. The molecule has 0 saturated carbocycles. The maximum atomic E-state index is 12.5. The fourth-order valence-corrected chi connectivity index (χ4v) is 2.62. The Balaban J connectivity index is 1.94. The number of hydrogen-bond acceptors (Lipinski definition) is 5. The quantitative estimate of drug-likeness (QED) is 0.704. The molecule has 0 fully saturated rings. The molecular formula is C19H16N4O3. The molecule has 1 aromatic carbocycles. The number of ether oxygens (including phenoxy) is 1. The van der Waals surface area contributed by atoms with Crippen LogP contribution in [0.25, 0.3) is 10.8 Å². The maximum Gasteiger partial charge on any atom is 0.275 e. The van der Waals surface area contributed by atoms with E-state index in [-0.39, 0.29) is 30.4 Å². The van der Waals surface area contributed by atoms with Gasteiger partial charge in [0.1, 0.15) is 12.1 Å². The number of rotatable bonds is 5. The van der Waals surface area contributed by atoms with Gasteiger partial charge in [-0.2, -0.15) is 5.10 Å². The standard InChI is InChI=1S/C19H16N4O3/c1-3-11-23-19(25)14-8-5-4-7-13(14)16(22-23)12-21-17(24)15-9-6-10-20-18(15)26-2/h1,4-10H,11-12H2,2H3,(H,21,24). The van der Waals surface area contributed by atoms with Crippen molar-refractivity contribution >= 4 is 16.7 Å². The lowest BCUT2D eigenvalue weighted by Crippen LogP contribution is -2.28. The van der Waals surface area contributed by atoms with Gasteiger partial charge in [0.05, 0.1) is 24.7 Å². The van der Waals surface area contributed by atoms with Crippen LogP contribution in [0, 0.1) is 12.3 Å². The fraction of sp³-hybridized carbons (Fsp3) is 0.158. The van der Waals surface area contributed by atoms with Crippen molar-refractivity contribution in [2.75, 3.05) is 7.11 Å². The number of aromatic nitrogens is 3. The Bertz CT molecular complexity index is 1070. The zero-order chi connectivity index (χ0) is 18.5. The van der Waals surface area contributed by atoms with Crippen LogP contribution >= 0.6 is 0 Å². The molecule has 0 bridgehead atoms. The van der Waals surface area contributed by atoms with E-state index in [4.69, 9.17) is 11.2 Å². The number of hydrogen-bond donors (Lipinski definition) is 1. The number of carbonyl (C=O) groups excluding carboxylic acids is 1. The van der Waals surface area contributed by atoms with E-state index in [0.717, 1.165) is 0 Å². The van der Waals surface area contributed by atoms with Crippen LogP contribution in [-0.4, -0.2) is 27.8 Å². The van der Waals surface area contributed by atoms with Crippen molar-refractivity contribution in [2.45, 2.75) is 13.1 Å². The van der Waals surface area contributed by atoms with Gasteiger partial charge < -0.3 is 10.1 Å². The largest absolute Gasteiger partial charge is 0.480 e. The summed E-state index contributed by atoms with van der Waals surface area (Å²) in [6.07, 6.45) is 6.86. The number of benzene rings is 1. The number of methoxy groups -OCH3 is 1. The topological polar surface area (TPSA) is 86.1 Å². The highest BCUT2D eigenvalue weighted by atomic mass is 16.5. The normalized spacial score (nSPS) is 10.3. The molecule has 0 radical (unpaired) electrons. The molecule has 0 aliphatic carbocycles. The molecule has 2 heterocycles. The summed E-state index contributed by atoms with van der Waals surface area (Å²) in [6.45, 7) is 0.184. The van der Waals surface area contributed by atoms with Crippen molar-refractivity contribution in [3.8, 4) is 18.2 Å². The number of fused-ring (bicyclic) bond motifs is 1. The summed E-state index contributed by atoms with van der Waals surface area (Å²) in [5.74, 6) is 2.30. The molecule has 3 aromatic rings. The zero-order valence-electron chi connectivity index (χ0n) is 14.1. The van der Waals surface area contributed by atoms with Crippen molar-refractivity contribution in [3.63, 3.8) is 0 Å². The van der Waals surface area contributed by atoms with Crippen molar-refractivity contribution in [1.29, 1.82) is 0 Å². The van der Waals surface area contributed by atoms with Crippen LogP contribution in [0.2, 0.25) is 0 Å². The molecule has 130 valence electrons. The minimum Gasteiger partial charge on any atom is -0.480 e. The fourth-order valence-electron chi connectivity index (χ4n) is 2.62. The predicted octanol–water partition coefficient (Wildman–Crippen LogP) is 1.36. The maximum absolute atomic E-state index is 12.5. The van der Waals surface area contributed by atoms with Crippen molar-refractivity contribution in [2.24, 2.45) is 0 Å². The van der Waals surface area contributed by atoms with Gasteiger partial charge in [0.25, 0.3) is 11.5 Å². The first kappa shape index (κ1) is 17.2. The average molecular weight is 348 g/mol. The highest BCUT2D eigenvalue weighted by molar-refractivity contribution is 5.96. The van der Waals surface area contributed by atoms with E-state index in [2.05, 4.69) is 21.3 Å². The highest BCUT2D eigenvalue weighted by Gasteiger charge is 2.15.